The molecule has 21 N–H and O–H groups in total. The summed E-state index contributed by atoms with van der Waals surface area (Å²) in [6.45, 7) is 2.58. The van der Waals surface area contributed by atoms with Crippen LogP contribution in [-0.2, 0) is 78.4 Å². The number of carboxylic acids is 2. The summed E-state index contributed by atoms with van der Waals surface area (Å²) in [6.07, 6.45) is -3.28. The summed E-state index contributed by atoms with van der Waals surface area (Å²) in [5.41, 5.74) is 21.3. The number of amides is 9. The topological polar surface area (TPSA) is 502 Å². The van der Waals surface area contributed by atoms with Gasteiger partial charge < -0.3 is 100 Å². The van der Waals surface area contributed by atoms with Crippen molar-refractivity contribution in [1.82, 2.24) is 52.4 Å². The average Bonchev–Trinajstić information content (AvgIpc) is 1.78. The number of unbranched alkanes of at least 4 members (excludes halogenated alkanes) is 1. The number of aromatic amines is 1. The van der Waals surface area contributed by atoms with E-state index in [2.05, 4.69) is 60.1 Å². The molecule has 0 fully saturated rings. The van der Waals surface area contributed by atoms with Gasteiger partial charge in [-0.1, -0.05) is 72.8 Å². The lowest BCUT2D eigenvalue weighted by Crippen LogP contribution is -2.61. The number of thioether (sulfide) groups is 1. The van der Waals surface area contributed by atoms with Crippen molar-refractivity contribution < 1.29 is 83.4 Å². The number of aromatic nitrogens is 1. The van der Waals surface area contributed by atoms with Crippen LogP contribution < -0.4 is 59.7 Å². The van der Waals surface area contributed by atoms with Gasteiger partial charge in [0, 0.05) is 49.2 Å². The number of nitrogens with two attached hydrogens (primary N) is 3. The number of aliphatic hydroxyl groups is 2. The van der Waals surface area contributed by atoms with Crippen molar-refractivity contribution in [2.45, 2.75) is 144 Å². The number of nitrogens with zero attached hydrogens (tertiary/aromatic N) is 1. The number of carboxylic acid groups (broad SMARTS) is 2. The van der Waals surface area contributed by atoms with E-state index in [1.54, 1.807) is 54.7 Å². The van der Waals surface area contributed by atoms with Gasteiger partial charge in [0.05, 0.1) is 36.6 Å². The highest BCUT2D eigenvalue weighted by Crippen LogP contribution is 2.21. The second-order valence-electron chi connectivity index (χ2n) is 23.2. The van der Waals surface area contributed by atoms with Crippen LogP contribution in [0.15, 0.2) is 109 Å². The van der Waals surface area contributed by atoms with Crippen LogP contribution in [0, 0.1) is 0 Å². The molecule has 526 valence electrons. The summed E-state index contributed by atoms with van der Waals surface area (Å²) in [4.78, 5) is 153. The molecule has 0 saturated heterocycles. The van der Waals surface area contributed by atoms with E-state index in [9.17, 15) is 83.4 Å². The Morgan fingerprint density at radius 3 is 1.65 bits per heavy atom. The van der Waals surface area contributed by atoms with Crippen molar-refractivity contribution >= 4 is 100 Å². The highest BCUT2D eigenvalue weighted by molar-refractivity contribution is 7.99. The summed E-state index contributed by atoms with van der Waals surface area (Å²) in [6, 6.07) is 14.1. The zero-order valence-electron chi connectivity index (χ0n) is 53.7. The Labute approximate surface area is 569 Å². The number of phenols is 2. The number of para-hydroxylation sites is 1. The maximum Gasteiger partial charge on any atom is 0.328 e. The molecular weight excluding hydrogens is 1300 g/mol. The molecule has 12 atom stereocenters. The van der Waals surface area contributed by atoms with Crippen molar-refractivity contribution in [3.8, 4) is 11.5 Å². The van der Waals surface area contributed by atoms with Crippen LogP contribution in [-0.4, -0.2) is 209 Å². The first-order valence-electron chi connectivity index (χ1n) is 31.1. The number of phenolic OH excluding ortho intramolecular Hbond substituents is 2. The molecule has 0 aliphatic carbocycles. The van der Waals surface area contributed by atoms with Gasteiger partial charge in [-0.3, -0.25) is 43.2 Å². The smallest absolute Gasteiger partial charge is 0.328 e. The standard InChI is InChI=1S/C65H87N13O17S2/c1-35(79)55(76-58(86)46(15-9-10-25-66)71-60(88)48(30-40-32-69-45-14-8-7-13-43(40)45)72-57(85)44(67)27-38-16-20-41(81)21-17-38)62(90)73-49(29-37-11-5-4-6-12-37)63(91)78(3)51(64(92)93)24-26-97-34-54(84)75-52(68)31-53(83)70-47(28-39-18-22-42(82)23-19-39)59(87)74-50(33-96)61(89)77-56(36(2)80)65(94)95/h4-8,11-14,16-23,32,35-36,44,46-52,55-56,69,79-82,96H,9-10,15,24-31,33-34,66-68H2,1-3H3,(H,70,83)(H,71,88)(H,72,85)(H,73,90)(H,74,87)(H,75,84)(H,76,86)(H,77,89)(H,92,93)(H,94,95)/t35-,36-,44+,46+,47+,48-,49+,50+,51+,52?,55+,56+/m1/s1. The van der Waals surface area contributed by atoms with E-state index in [1.807, 2.05) is 18.2 Å². The zero-order valence-corrected chi connectivity index (χ0v) is 55.4. The van der Waals surface area contributed by atoms with Gasteiger partial charge in [-0.25, -0.2) is 9.59 Å². The van der Waals surface area contributed by atoms with Crippen LogP contribution in [0.2, 0.25) is 0 Å². The summed E-state index contributed by atoms with van der Waals surface area (Å²) >= 11 is 5.05. The summed E-state index contributed by atoms with van der Waals surface area (Å²) in [5, 5.41) is 81.2. The number of aromatic hydroxyl groups is 2. The first kappa shape index (κ1) is 78.4. The fourth-order valence-electron chi connectivity index (χ4n) is 10.2. The highest BCUT2D eigenvalue weighted by atomic mass is 32.2. The van der Waals surface area contributed by atoms with E-state index in [0.29, 0.717) is 35.1 Å². The first-order chi connectivity index (χ1) is 46.1. The lowest BCUT2D eigenvalue weighted by atomic mass is 10.0. The van der Waals surface area contributed by atoms with Crippen LogP contribution in [0.3, 0.4) is 0 Å². The Morgan fingerprint density at radius 1 is 0.546 bits per heavy atom. The van der Waals surface area contributed by atoms with E-state index < -0.39 is 144 Å². The number of aliphatic hydroxyl groups excluding tert-OH is 2. The summed E-state index contributed by atoms with van der Waals surface area (Å²) < 4.78 is 0. The number of thiol groups is 1. The molecule has 32 heteroatoms. The van der Waals surface area contributed by atoms with Crippen LogP contribution in [0.5, 0.6) is 11.5 Å². The number of likely N-dealkylation sites (N-methyl/N-ethyl adjacent to an activating group) is 1. The van der Waals surface area contributed by atoms with E-state index in [-0.39, 0.29) is 73.8 Å². The number of H-pyrrole nitrogens is 1. The van der Waals surface area contributed by atoms with Crippen molar-refractivity contribution in [1.29, 1.82) is 0 Å². The Hall–Kier alpha value is -9.31. The molecule has 5 aromatic rings. The molecule has 1 aromatic heterocycles. The zero-order chi connectivity index (χ0) is 71.5. The summed E-state index contributed by atoms with van der Waals surface area (Å²) in [5.74, 6) is -11.5. The molecule has 0 spiro atoms. The van der Waals surface area contributed by atoms with E-state index in [0.717, 1.165) is 34.5 Å². The van der Waals surface area contributed by atoms with Crippen molar-refractivity contribution in [2.24, 2.45) is 17.2 Å². The molecule has 1 unspecified atom stereocenters. The number of nitrogens with one attached hydrogen (secondary N) is 9. The Kier molecular flexibility index (Phi) is 31.5. The van der Waals surface area contributed by atoms with Gasteiger partial charge in [0.25, 0.3) is 0 Å². The van der Waals surface area contributed by atoms with Gasteiger partial charge in [-0.05, 0) is 111 Å². The molecule has 0 aliphatic heterocycles. The van der Waals surface area contributed by atoms with Gasteiger partial charge in [0.2, 0.25) is 53.2 Å². The van der Waals surface area contributed by atoms with Crippen molar-refractivity contribution in [3.05, 3.63) is 132 Å². The van der Waals surface area contributed by atoms with Crippen LogP contribution >= 0.6 is 24.4 Å². The number of rotatable bonds is 40. The fourth-order valence-corrected chi connectivity index (χ4v) is 11.2. The monoisotopic (exact) mass is 1390 g/mol. The molecule has 1 heterocycles. The van der Waals surface area contributed by atoms with Crippen LogP contribution in [0.4, 0.5) is 0 Å². The Bertz CT molecular complexity index is 3480. The molecule has 9 amide bonds. The predicted octanol–water partition coefficient (Wildman–Crippen LogP) is -1.70. The van der Waals surface area contributed by atoms with Gasteiger partial charge in [0.15, 0.2) is 6.04 Å². The first-order valence-corrected chi connectivity index (χ1v) is 32.9. The van der Waals surface area contributed by atoms with Gasteiger partial charge in [0.1, 0.15) is 53.8 Å². The molecule has 0 radical (unpaired) electrons. The number of aliphatic carboxylic acids is 2. The van der Waals surface area contributed by atoms with Crippen LogP contribution in [0.25, 0.3) is 10.9 Å². The predicted molar refractivity (Wildman–Crippen MR) is 362 cm³/mol. The molecule has 97 heavy (non-hydrogen) atoms. The van der Waals surface area contributed by atoms with Crippen LogP contribution in [0.1, 0.15) is 68.2 Å². The quantitative estimate of drug-likeness (QED) is 0.0118. The normalized spacial score (nSPS) is 14.9. The maximum absolute atomic E-state index is 14.5. The number of benzene rings is 4. The SMILES string of the molecule is C[C@@H](O)[C@H](NC(=O)[C@H](CS)NC(=O)[C@H](Cc1ccc(O)cc1)NC(=O)CC(N)NC(=O)CSCC[C@@H](C(=O)O)N(C)C(=O)[C@H](Cc1ccccc1)NC(=O)[C@@H](NC(=O)[C@H](CCCCN)NC(=O)[C@@H](Cc1c[nH]c2ccccc12)NC(=O)[C@@H](N)Cc1ccc(O)cc1)[C@@H](C)O)C(=O)O. The minimum absolute atomic E-state index is 0.0130. The van der Waals surface area contributed by atoms with E-state index in [1.165, 1.54) is 50.4 Å². The van der Waals surface area contributed by atoms with Gasteiger partial charge >= 0.3 is 11.9 Å². The van der Waals surface area contributed by atoms with E-state index >= 15 is 0 Å². The molecule has 0 aliphatic rings. The second-order valence-corrected chi connectivity index (χ2v) is 24.7. The third kappa shape index (κ3) is 25.3. The minimum Gasteiger partial charge on any atom is -0.508 e. The number of hydrogen-bond donors (Lipinski definition) is 19. The van der Waals surface area contributed by atoms with Crippen molar-refractivity contribution in [3.63, 3.8) is 0 Å². The van der Waals surface area contributed by atoms with Crippen molar-refractivity contribution in [2.75, 3.05) is 30.9 Å². The number of carbonyl (C=O) groups excluding carboxylic acids is 9. The van der Waals surface area contributed by atoms with E-state index in [4.69, 9.17) is 17.2 Å². The van der Waals surface area contributed by atoms with Gasteiger partial charge in [-0.2, -0.15) is 24.4 Å². The van der Waals surface area contributed by atoms with Gasteiger partial charge in [-0.15, -0.1) is 0 Å². The Balaban J connectivity index is 1.23. The molecular formula is C65H87N13O17S2. The third-order valence-electron chi connectivity index (χ3n) is 15.5. The largest absolute Gasteiger partial charge is 0.508 e. The Morgan fingerprint density at radius 2 is 1.06 bits per heavy atom. The lowest BCUT2D eigenvalue weighted by Gasteiger charge is -2.31. The highest BCUT2D eigenvalue weighted by Gasteiger charge is 2.38. The minimum atomic E-state index is -1.77. The molecule has 0 saturated carbocycles. The third-order valence-corrected chi connectivity index (χ3v) is 16.9. The number of hydrogen-bond acceptors (Lipinski definition) is 20. The average molecular weight is 1390 g/mol. The molecule has 0 bridgehead atoms. The lowest BCUT2D eigenvalue weighted by molar-refractivity contribution is -0.150. The summed E-state index contributed by atoms with van der Waals surface area (Å²) in [7, 11) is 1.21. The second kappa shape index (κ2) is 39.0. The fraction of sp³-hybridized carbons (Fsp3) is 0.431. The number of fused-ring (bicyclic) bond motifs is 1. The maximum atomic E-state index is 14.5. The number of carbonyl (C=O) groups is 11. The molecule has 30 nitrogen and oxygen atoms in total. The molecule has 4 aromatic carbocycles. The molecule has 5 rings (SSSR count).